The monoisotopic (exact) mass is 934 g/mol. The van der Waals surface area contributed by atoms with E-state index in [4.69, 9.17) is 45.2 Å². The summed E-state index contributed by atoms with van der Waals surface area (Å²) in [5, 5.41) is 0. The third kappa shape index (κ3) is 19.2. The van der Waals surface area contributed by atoms with Crippen molar-refractivity contribution < 1.29 is 68.1 Å². The second-order valence-electron chi connectivity index (χ2n) is 13.7. The van der Waals surface area contributed by atoms with Gasteiger partial charge in [-0.2, -0.15) is 0 Å². The van der Waals surface area contributed by atoms with Crippen molar-refractivity contribution in [1.29, 1.82) is 0 Å². The lowest BCUT2D eigenvalue weighted by Crippen LogP contribution is -2.31. The fraction of sp³-hybridized carbons (Fsp3) is 1.00. The Labute approximate surface area is 353 Å². The Balaban J connectivity index is 6.46. The molecule has 0 aliphatic rings. The van der Waals surface area contributed by atoms with Crippen molar-refractivity contribution in [3.05, 3.63) is 0 Å². The van der Waals surface area contributed by atoms with E-state index >= 15 is 0 Å². The summed E-state index contributed by atoms with van der Waals surface area (Å²) < 4.78 is 128. The SMILES string of the molecule is CCOP(=O)(OCC)C(C)CCCC(CCCCCC(CCC(C(CC)P(=O)(OCC)OCC)P(=O)(OCC)OCC)P(=O)(OCC)OCC)P(=O)(OCC)OCC. The minimum absolute atomic E-state index is 0.110. The van der Waals surface area contributed by atoms with Gasteiger partial charge in [0.05, 0.1) is 94.4 Å². The molecule has 0 spiro atoms. The molecule has 0 aromatic heterocycles. The van der Waals surface area contributed by atoms with E-state index in [0.29, 0.717) is 57.8 Å². The zero-order chi connectivity index (χ0) is 44.3. The molecule has 0 bridgehead atoms. The molecule has 20 heteroatoms. The molecule has 0 aromatic carbocycles. The highest BCUT2D eigenvalue weighted by Crippen LogP contribution is 2.67. The van der Waals surface area contributed by atoms with Gasteiger partial charge in [0.25, 0.3) is 0 Å². The van der Waals surface area contributed by atoms with Crippen LogP contribution in [0.15, 0.2) is 0 Å². The molecule has 0 saturated heterocycles. The van der Waals surface area contributed by atoms with Crippen molar-refractivity contribution >= 4 is 38.0 Å². The highest BCUT2D eigenvalue weighted by molar-refractivity contribution is 7.59. The first-order valence-corrected chi connectivity index (χ1v) is 30.0. The molecular weight excluding hydrogens is 851 g/mol. The lowest BCUT2D eigenvalue weighted by atomic mass is 10.0. The van der Waals surface area contributed by atoms with E-state index in [1.807, 2.05) is 13.8 Å². The van der Waals surface area contributed by atoms with E-state index in [1.165, 1.54) is 0 Å². The maximum atomic E-state index is 14.6. The van der Waals surface area contributed by atoms with Crippen LogP contribution in [0, 0.1) is 0 Å². The van der Waals surface area contributed by atoms with Crippen LogP contribution in [-0.2, 0) is 68.1 Å². The molecular formula is C38H83O15P5. The van der Waals surface area contributed by atoms with Crippen LogP contribution in [0.2, 0.25) is 0 Å². The third-order valence-corrected chi connectivity index (χ3v) is 23.3. The first kappa shape index (κ1) is 58.8. The summed E-state index contributed by atoms with van der Waals surface area (Å²) in [6.45, 7) is 23.2. The minimum Gasteiger partial charge on any atom is -0.309 e. The molecule has 15 nitrogen and oxygen atoms in total. The van der Waals surface area contributed by atoms with Crippen molar-refractivity contribution in [3.63, 3.8) is 0 Å². The lowest BCUT2D eigenvalue weighted by molar-refractivity contribution is 0.189. The van der Waals surface area contributed by atoms with Gasteiger partial charge in [-0.15, -0.1) is 0 Å². The molecule has 0 aliphatic heterocycles. The van der Waals surface area contributed by atoms with Crippen LogP contribution in [0.3, 0.4) is 0 Å². The minimum atomic E-state index is -3.88. The zero-order valence-corrected chi connectivity index (χ0v) is 42.6. The van der Waals surface area contributed by atoms with Gasteiger partial charge in [-0.05, 0) is 114 Å². The summed E-state index contributed by atoms with van der Waals surface area (Å²) >= 11 is 0. The van der Waals surface area contributed by atoms with Crippen molar-refractivity contribution in [2.45, 2.75) is 182 Å². The number of rotatable bonds is 40. The molecule has 0 aliphatic carbocycles. The molecule has 350 valence electrons. The van der Waals surface area contributed by atoms with Gasteiger partial charge in [0.2, 0.25) is 0 Å². The zero-order valence-electron chi connectivity index (χ0n) is 38.1. The fourth-order valence-corrected chi connectivity index (χ4v) is 19.0. The van der Waals surface area contributed by atoms with Crippen molar-refractivity contribution in [2.24, 2.45) is 0 Å². The fourth-order valence-electron chi connectivity index (χ4n) is 7.34. The van der Waals surface area contributed by atoms with Gasteiger partial charge in [-0.1, -0.05) is 39.5 Å². The van der Waals surface area contributed by atoms with Gasteiger partial charge >= 0.3 is 38.0 Å². The highest BCUT2D eigenvalue weighted by atomic mass is 31.2. The van der Waals surface area contributed by atoms with Gasteiger partial charge in [0.15, 0.2) is 0 Å². The van der Waals surface area contributed by atoms with Crippen LogP contribution in [0.25, 0.3) is 0 Å². The molecule has 5 atom stereocenters. The molecule has 0 rings (SSSR count). The second kappa shape index (κ2) is 31.6. The summed E-state index contributed by atoms with van der Waals surface area (Å²) in [6, 6.07) is 0. The smallest absolute Gasteiger partial charge is 0.309 e. The van der Waals surface area contributed by atoms with Crippen LogP contribution >= 0.6 is 38.0 Å². The first-order chi connectivity index (χ1) is 27.5. The largest absolute Gasteiger partial charge is 0.334 e. The van der Waals surface area contributed by atoms with Crippen LogP contribution in [-0.4, -0.2) is 94.4 Å². The Morgan fingerprint density at radius 1 is 0.310 bits per heavy atom. The number of unbranched alkanes of at least 4 members (excludes halogenated alkanes) is 2. The molecule has 0 amide bonds. The normalized spacial score (nSPS) is 16.0. The number of hydrogen-bond acceptors (Lipinski definition) is 15. The summed E-state index contributed by atoms with van der Waals surface area (Å²) in [6.07, 6.45) is 5.56. The van der Waals surface area contributed by atoms with Gasteiger partial charge in [0.1, 0.15) is 0 Å². The Hall–Kier alpha value is 0.750. The van der Waals surface area contributed by atoms with Gasteiger partial charge < -0.3 is 45.2 Å². The van der Waals surface area contributed by atoms with E-state index in [0.717, 1.165) is 0 Å². The van der Waals surface area contributed by atoms with Crippen molar-refractivity contribution in [3.8, 4) is 0 Å². The lowest BCUT2D eigenvalue weighted by Gasteiger charge is -2.36. The second-order valence-corrected chi connectivity index (χ2v) is 25.4. The Morgan fingerprint density at radius 2 is 0.603 bits per heavy atom. The predicted molar refractivity (Wildman–Crippen MR) is 235 cm³/mol. The van der Waals surface area contributed by atoms with Gasteiger partial charge in [0, 0.05) is 0 Å². The summed E-state index contributed by atoms with van der Waals surface area (Å²) in [4.78, 5) is 0. The van der Waals surface area contributed by atoms with Crippen molar-refractivity contribution in [2.75, 3.05) is 66.1 Å². The highest BCUT2D eigenvalue weighted by Gasteiger charge is 2.50. The number of hydrogen-bond donors (Lipinski definition) is 0. The molecule has 0 saturated carbocycles. The predicted octanol–water partition coefficient (Wildman–Crippen LogP) is 13.5. The van der Waals surface area contributed by atoms with Crippen LogP contribution in [0.5, 0.6) is 0 Å². The molecule has 0 fully saturated rings. The van der Waals surface area contributed by atoms with E-state index in [2.05, 4.69) is 0 Å². The van der Waals surface area contributed by atoms with E-state index in [-0.39, 0.29) is 90.2 Å². The maximum Gasteiger partial charge on any atom is 0.334 e. The van der Waals surface area contributed by atoms with Crippen LogP contribution in [0.1, 0.15) is 154 Å². The van der Waals surface area contributed by atoms with Crippen LogP contribution in [0.4, 0.5) is 0 Å². The molecule has 0 N–H and O–H groups in total. The molecule has 5 unspecified atom stereocenters. The quantitative estimate of drug-likeness (QED) is 0.0418. The average Bonchev–Trinajstić information content (AvgIpc) is 3.15. The Kier molecular flexibility index (Phi) is 32.0. The van der Waals surface area contributed by atoms with E-state index in [9.17, 15) is 22.8 Å². The molecule has 0 aromatic rings. The molecule has 58 heavy (non-hydrogen) atoms. The van der Waals surface area contributed by atoms with Gasteiger partial charge in [-0.3, -0.25) is 22.8 Å². The Bertz CT molecular complexity index is 1250. The van der Waals surface area contributed by atoms with Crippen LogP contribution < -0.4 is 0 Å². The first-order valence-electron chi connectivity index (χ1n) is 22.0. The third-order valence-electron chi connectivity index (χ3n) is 9.73. The van der Waals surface area contributed by atoms with Gasteiger partial charge in [-0.25, -0.2) is 0 Å². The average molecular weight is 935 g/mol. The summed E-state index contributed by atoms with van der Waals surface area (Å²) in [5.74, 6) is 0. The van der Waals surface area contributed by atoms with E-state index in [1.54, 1.807) is 69.2 Å². The van der Waals surface area contributed by atoms with Crippen molar-refractivity contribution in [1.82, 2.24) is 0 Å². The molecule has 0 radical (unpaired) electrons. The Morgan fingerprint density at radius 3 is 0.948 bits per heavy atom. The standard InChI is InChI=1S/C38H83O15P5/c1-13-37(57(42,50-20-8)51-21-9)38(58(43,52-22-10)53-23-11)33-32-36(56(41,48-18-6)49-19-7)30-26-24-25-29-35(55(40,46-16-4)47-17-5)31-27-28-34(12)54(39,44-14-2)45-15-3/h34-38H,13-33H2,1-12H3. The topological polar surface area (TPSA) is 178 Å². The molecule has 0 heterocycles. The van der Waals surface area contributed by atoms with E-state index < -0.39 is 55.0 Å². The summed E-state index contributed by atoms with van der Waals surface area (Å²) in [7, 11) is -18.1. The maximum absolute atomic E-state index is 14.6. The summed E-state index contributed by atoms with van der Waals surface area (Å²) in [5.41, 5.74) is -2.98.